The van der Waals surface area contributed by atoms with Crippen molar-refractivity contribution >= 4 is 5.71 Å². The summed E-state index contributed by atoms with van der Waals surface area (Å²) in [4.78, 5) is 4.30. The first-order chi connectivity index (χ1) is 6.20. The van der Waals surface area contributed by atoms with Crippen LogP contribution in [0.25, 0.3) is 0 Å². The van der Waals surface area contributed by atoms with Gasteiger partial charge >= 0.3 is 0 Å². The summed E-state index contributed by atoms with van der Waals surface area (Å²) in [5.74, 6) is 0. The Bertz CT molecular complexity index is 209. The highest BCUT2D eigenvalue weighted by atomic mass is 14.7. The van der Waals surface area contributed by atoms with E-state index in [0.717, 1.165) is 12.1 Å². The van der Waals surface area contributed by atoms with Crippen molar-refractivity contribution in [3.05, 3.63) is 23.9 Å². The molecular weight excluding hydrogens is 158 g/mol. The summed E-state index contributed by atoms with van der Waals surface area (Å²) in [6.45, 7) is 8.51. The number of aliphatic imine (C=N–C) groups is 1. The van der Waals surface area contributed by atoms with Crippen molar-refractivity contribution < 1.29 is 0 Å². The summed E-state index contributed by atoms with van der Waals surface area (Å²) >= 11 is 0. The Morgan fingerprint density at radius 3 is 2.46 bits per heavy atom. The lowest BCUT2D eigenvalue weighted by Gasteiger charge is -1.96. The van der Waals surface area contributed by atoms with Crippen LogP contribution < -0.4 is 0 Å². The molecule has 0 N–H and O–H groups in total. The van der Waals surface area contributed by atoms with E-state index in [1.165, 1.54) is 18.4 Å². The quantitative estimate of drug-likeness (QED) is 0.563. The van der Waals surface area contributed by atoms with Crippen LogP contribution in [0.5, 0.6) is 0 Å². The third-order valence-electron chi connectivity index (χ3n) is 1.72. The predicted octanol–water partition coefficient (Wildman–Crippen LogP) is 4.12. The highest BCUT2D eigenvalue weighted by Crippen LogP contribution is 2.03. The highest BCUT2D eigenvalue weighted by molar-refractivity contribution is 5.93. The molecule has 0 saturated carbocycles. The van der Waals surface area contributed by atoms with Crippen molar-refractivity contribution in [3.63, 3.8) is 0 Å². The van der Waals surface area contributed by atoms with Crippen LogP contribution >= 0.6 is 0 Å². The van der Waals surface area contributed by atoms with Gasteiger partial charge in [0.1, 0.15) is 0 Å². The summed E-state index contributed by atoms with van der Waals surface area (Å²) in [6.07, 6.45) is 9.53. The Morgan fingerprint density at radius 2 is 1.92 bits per heavy atom. The zero-order valence-electron chi connectivity index (χ0n) is 9.30. The van der Waals surface area contributed by atoms with Gasteiger partial charge in [-0.2, -0.15) is 0 Å². The molecule has 0 bridgehead atoms. The van der Waals surface area contributed by atoms with Crippen LogP contribution in [0, 0.1) is 0 Å². The maximum absolute atomic E-state index is 4.30. The second-order valence-corrected chi connectivity index (χ2v) is 3.30. The van der Waals surface area contributed by atoms with Gasteiger partial charge in [-0.05, 0) is 32.8 Å². The van der Waals surface area contributed by atoms with Gasteiger partial charge in [0.05, 0.1) is 0 Å². The van der Waals surface area contributed by atoms with Crippen LogP contribution in [0.1, 0.15) is 47.0 Å². The SMILES string of the molecule is CC/C=C/N=C(C)/C=C(\C)CCC. The minimum atomic E-state index is 1.05. The van der Waals surface area contributed by atoms with Gasteiger partial charge in [-0.15, -0.1) is 0 Å². The predicted molar refractivity (Wildman–Crippen MR) is 61.2 cm³/mol. The molecule has 0 rings (SSSR count). The smallest absolute Gasteiger partial charge is 0.0371 e. The van der Waals surface area contributed by atoms with Crippen molar-refractivity contribution in [1.29, 1.82) is 0 Å². The minimum Gasteiger partial charge on any atom is -0.262 e. The second-order valence-electron chi connectivity index (χ2n) is 3.30. The third-order valence-corrected chi connectivity index (χ3v) is 1.72. The summed E-state index contributed by atoms with van der Waals surface area (Å²) in [5, 5.41) is 0. The molecule has 0 aliphatic rings. The largest absolute Gasteiger partial charge is 0.262 e. The van der Waals surface area contributed by atoms with E-state index in [0.29, 0.717) is 0 Å². The fourth-order valence-corrected chi connectivity index (χ4v) is 1.14. The number of hydrogen-bond donors (Lipinski definition) is 0. The molecule has 0 atom stereocenters. The van der Waals surface area contributed by atoms with Gasteiger partial charge in [0.25, 0.3) is 0 Å². The van der Waals surface area contributed by atoms with E-state index >= 15 is 0 Å². The fraction of sp³-hybridized carbons (Fsp3) is 0.583. The molecule has 13 heavy (non-hydrogen) atoms. The Kier molecular flexibility index (Phi) is 7.27. The summed E-state index contributed by atoms with van der Waals surface area (Å²) in [5.41, 5.74) is 2.50. The van der Waals surface area contributed by atoms with Crippen molar-refractivity contribution in [2.24, 2.45) is 4.99 Å². The molecule has 0 aliphatic carbocycles. The first kappa shape index (κ1) is 12.2. The third kappa shape index (κ3) is 7.51. The molecule has 0 aromatic rings. The average Bonchev–Trinajstić information content (AvgIpc) is 2.05. The lowest BCUT2D eigenvalue weighted by molar-refractivity contribution is 0.907. The van der Waals surface area contributed by atoms with Crippen LogP contribution in [0.3, 0.4) is 0 Å². The topological polar surface area (TPSA) is 12.4 Å². The minimum absolute atomic E-state index is 1.05. The summed E-state index contributed by atoms with van der Waals surface area (Å²) in [7, 11) is 0. The highest BCUT2D eigenvalue weighted by Gasteiger charge is 1.88. The zero-order valence-corrected chi connectivity index (χ0v) is 9.30. The van der Waals surface area contributed by atoms with Gasteiger partial charge < -0.3 is 0 Å². The summed E-state index contributed by atoms with van der Waals surface area (Å²) in [6, 6.07) is 0. The number of nitrogens with zero attached hydrogens (tertiary/aromatic N) is 1. The molecule has 0 saturated heterocycles. The van der Waals surface area contributed by atoms with Gasteiger partial charge in [-0.3, -0.25) is 4.99 Å². The molecule has 1 nitrogen and oxygen atoms in total. The van der Waals surface area contributed by atoms with E-state index in [1.54, 1.807) is 0 Å². The van der Waals surface area contributed by atoms with Gasteiger partial charge in [-0.25, -0.2) is 0 Å². The van der Waals surface area contributed by atoms with E-state index in [-0.39, 0.29) is 0 Å². The second kappa shape index (κ2) is 7.78. The summed E-state index contributed by atoms with van der Waals surface area (Å²) < 4.78 is 0. The van der Waals surface area contributed by atoms with E-state index < -0.39 is 0 Å². The molecule has 0 amide bonds. The first-order valence-corrected chi connectivity index (χ1v) is 5.07. The molecule has 0 spiro atoms. The Labute approximate surface area is 82.3 Å². The van der Waals surface area contributed by atoms with Crippen LogP contribution in [0.2, 0.25) is 0 Å². The Balaban J connectivity index is 4.10. The van der Waals surface area contributed by atoms with E-state index in [1.807, 2.05) is 13.1 Å². The van der Waals surface area contributed by atoms with Gasteiger partial charge in [0.15, 0.2) is 0 Å². The molecule has 0 aromatic carbocycles. The molecule has 0 radical (unpaired) electrons. The normalized spacial score (nSPS) is 14.2. The van der Waals surface area contributed by atoms with Crippen molar-refractivity contribution in [2.75, 3.05) is 0 Å². The van der Waals surface area contributed by atoms with Crippen LogP contribution in [-0.4, -0.2) is 5.71 Å². The van der Waals surface area contributed by atoms with Crippen molar-refractivity contribution in [1.82, 2.24) is 0 Å². The fourth-order valence-electron chi connectivity index (χ4n) is 1.14. The number of hydrogen-bond acceptors (Lipinski definition) is 1. The van der Waals surface area contributed by atoms with Gasteiger partial charge in [0.2, 0.25) is 0 Å². The average molecular weight is 179 g/mol. The monoisotopic (exact) mass is 179 g/mol. The van der Waals surface area contributed by atoms with Crippen molar-refractivity contribution in [3.8, 4) is 0 Å². The molecule has 1 heteroatoms. The molecule has 0 fully saturated rings. The number of rotatable bonds is 5. The Hall–Kier alpha value is -0.850. The van der Waals surface area contributed by atoms with Crippen molar-refractivity contribution in [2.45, 2.75) is 47.0 Å². The van der Waals surface area contributed by atoms with Gasteiger partial charge in [0, 0.05) is 11.9 Å². The molecular formula is C12H21N. The van der Waals surface area contributed by atoms with Gasteiger partial charge in [-0.1, -0.05) is 31.9 Å². The van der Waals surface area contributed by atoms with Crippen LogP contribution in [0.4, 0.5) is 0 Å². The molecule has 74 valence electrons. The van der Waals surface area contributed by atoms with E-state index in [9.17, 15) is 0 Å². The van der Waals surface area contributed by atoms with E-state index in [2.05, 4.69) is 37.9 Å². The lowest BCUT2D eigenvalue weighted by Crippen LogP contribution is -1.86. The molecule has 0 unspecified atom stereocenters. The van der Waals surface area contributed by atoms with Crippen LogP contribution in [0.15, 0.2) is 28.9 Å². The maximum Gasteiger partial charge on any atom is 0.0371 e. The molecule has 0 aromatic heterocycles. The van der Waals surface area contributed by atoms with E-state index in [4.69, 9.17) is 0 Å². The lowest BCUT2D eigenvalue weighted by atomic mass is 10.1. The zero-order chi connectivity index (χ0) is 10.1. The first-order valence-electron chi connectivity index (χ1n) is 5.07. The standard InChI is InChI=1S/C12H21N/c1-5-7-9-13-12(4)10-11(3)8-6-2/h7,9-10H,5-6,8H2,1-4H3/b9-7+,11-10+,13-12+. The molecule has 0 heterocycles. The van der Waals surface area contributed by atoms with Crippen LogP contribution in [-0.2, 0) is 0 Å². The number of allylic oxidation sites excluding steroid dienone is 3. The molecule has 0 aliphatic heterocycles. The Morgan fingerprint density at radius 1 is 1.23 bits per heavy atom. The maximum atomic E-state index is 4.30.